The Morgan fingerprint density at radius 1 is 1.18 bits per heavy atom. The first kappa shape index (κ1) is 16.3. The molecule has 0 fully saturated rings. The zero-order chi connectivity index (χ0) is 15.9. The standard InChI is InChI=1S/C17H18ClNO3/c1-21-15-8-4-5-12(10-15)16(22-2)11-19-17(20)13-6-3-7-14(18)9-13/h3-10,16H,11H2,1-2H3,(H,19,20)/t16-/m1/s1. The van der Waals surface area contributed by atoms with E-state index in [9.17, 15) is 4.79 Å². The summed E-state index contributed by atoms with van der Waals surface area (Å²) in [5, 5.41) is 3.38. The minimum Gasteiger partial charge on any atom is -0.497 e. The average molecular weight is 320 g/mol. The van der Waals surface area contributed by atoms with Crippen molar-refractivity contribution < 1.29 is 14.3 Å². The number of hydrogen-bond acceptors (Lipinski definition) is 3. The predicted molar refractivity (Wildman–Crippen MR) is 86.5 cm³/mol. The van der Waals surface area contributed by atoms with Crippen LogP contribution < -0.4 is 10.1 Å². The van der Waals surface area contributed by atoms with E-state index in [-0.39, 0.29) is 12.0 Å². The SMILES string of the molecule is COc1cccc([C@@H](CNC(=O)c2cccc(Cl)c2)OC)c1. The molecule has 5 heteroatoms. The van der Waals surface area contributed by atoms with Crippen LogP contribution >= 0.6 is 11.6 Å². The number of amides is 1. The molecule has 22 heavy (non-hydrogen) atoms. The lowest BCUT2D eigenvalue weighted by Crippen LogP contribution is -2.29. The van der Waals surface area contributed by atoms with E-state index in [2.05, 4.69) is 5.32 Å². The summed E-state index contributed by atoms with van der Waals surface area (Å²) in [6.07, 6.45) is -0.252. The predicted octanol–water partition coefficient (Wildman–Crippen LogP) is 3.47. The Morgan fingerprint density at radius 3 is 2.64 bits per heavy atom. The molecular weight excluding hydrogens is 302 g/mol. The summed E-state index contributed by atoms with van der Waals surface area (Å²) in [7, 11) is 3.22. The van der Waals surface area contributed by atoms with Gasteiger partial charge in [-0.2, -0.15) is 0 Å². The van der Waals surface area contributed by atoms with Crippen molar-refractivity contribution in [2.45, 2.75) is 6.10 Å². The fourth-order valence-electron chi connectivity index (χ4n) is 2.10. The molecule has 0 spiro atoms. The molecule has 0 unspecified atom stereocenters. The third kappa shape index (κ3) is 4.23. The van der Waals surface area contributed by atoms with Gasteiger partial charge in [-0.05, 0) is 35.9 Å². The summed E-state index contributed by atoms with van der Waals surface area (Å²) >= 11 is 5.89. The van der Waals surface area contributed by atoms with Gasteiger partial charge in [-0.25, -0.2) is 0 Å². The first-order chi connectivity index (χ1) is 10.6. The van der Waals surface area contributed by atoms with Crippen LogP contribution in [0.2, 0.25) is 5.02 Å². The molecule has 0 radical (unpaired) electrons. The van der Waals surface area contributed by atoms with Gasteiger partial charge in [0.05, 0.1) is 13.2 Å². The molecule has 4 nitrogen and oxygen atoms in total. The number of ether oxygens (including phenoxy) is 2. The van der Waals surface area contributed by atoms with Gasteiger partial charge in [0.2, 0.25) is 0 Å². The highest BCUT2D eigenvalue weighted by molar-refractivity contribution is 6.30. The Bertz CT molecular complexity index is 645. The average Bonchev–Trinajstić information content (AvgIpc) is 2.55. The maximum Gasteiger partial charge on any atom is 0.251 e. The smallest absolute Gasteiger partial charge is 0.251 e. The van der Waals surface area contributed by atoms with E-state index >= 15 is 0 Å². The van der Waals surface area contributed by atoms with Crippen LogP contribution in [0.25, 0.3) is 0 Å². The zero-order valence-corrected chi connectivity index (χ0v) is 13.3. The lowest BCUT2D eigenvalue weighted by atomic mass is 10.1. The van der Waals surface area contributed by atoms with Gasteiger partial charge in [0.1, 0.15) is 5.75 Å². The number of carbonyl (C=O) groups excluding carboxylic acids is 1. The largest absolute Gasteiger partial charge is 0.497 e. The lowest BCUT2D eigenvalue weighted by Gasteiger charge is -2.17. The molecule has 2 rings (SSSR count). The maximum atomic E-state index is 12.1. The van der Waals surface area contributed by atoms with Crippen molar-refractivity contribution in [3.8, 4) is 5.75 Å². The van der Waals surface area contributed by atoms with Crippen molar-refractivity contribution in [2.75, 3.05) is 20.8 Å². The summed E-state index contributed by atoms with van der Waals surface area (Å²) < 4.78 is 10.6. The van der Waals surface area contributed by atoms with Gasteiger partial charge in [-0.3, -0.25) is 4.79 Å². The molecule has 0 heterocycles. The van der Waals surface area contributed by atoms with Crippen LogP contribution in [-0.2, 0) is 4.74 Å². The Hall–Kier alpha value is -2.04. The summed E-state index contributed by atoms with van der Waals surface area (Å²) in [5.74, 6) is 0.563. The van der Waals surface area contributed by atoms with Crippen LogP contribution in [0.4, 0.5) is 0 Å². The number of carbonyl (C=O) groups is 1. The molecule has 0 bridgehead atoms. The number of hydrogen-bond donors (Lipinski definition) is 1. The molecule has 1 amide bonds. The molecule has 0 saturated carbocycles. The molecule has 1 N–H and O–H groups in total. The summed E-state index contributed by atoms with van der Waals surface area (Å²) in [4.78, 5) is 12.1. The highest BCUT2D eigenvalue weighted by Gasteiger charge is 2.14. The number of benzene rings is 2. The molecule has 0 aliphatic rings. The normalized spacial score (nSPS) is 11.8. The van der Waals surface area contributed by atoms with Gasteiger partial charge < -0.3 is 14.8 Å². The van der Waals surface area contributed by atoms with Gasteiger partial charge >= 0.3 is 0 Å². The summed E-state index contributed by atoms with van der Waals surface area (Å²) in [6, 6.07) is 14.4. The minimum absolute atomic E-state index is 0.188. The van der Waals surface area contributed by atoms with Crippen molar-refractivity contribution in [3.63, 3.8) is 0 Å². The van der Waals surface area contributed by atoms with Crippen molar-refractivity contribution in [3.05, 3.63) is 64.7 Å². The Kier molecular flexibility index (Phi) is 5.81. The van der Waals surface area contributed by atoms with Crippen LogP contribution in [0.1, 0.15) is 22.0 Å². The molecule has 2 aromatic rings. The lowest BCUT2D eigenvalue weighted by molar-refractivity contribution is 0.0827. The van der Waals surface area contributed by atoms with Crippen molar-refractivity contribution in [1.82, 2.24) is 5.32 Å². The first-order valence-corrected chi connectivity index (χ1v) is 7.22. The molecule has 0 aromatic heterocycles. The van der Waals surface area contributed by atoms with Gasteiger partial charge in [0, 0.05) is 24.2 Å². The highest BCUT2D eigenvalue weighted by atomic mass is 35.5. The molecule has 0 aliphatic heterocycles. The van der Waals surface area contributed by atoms with Crippen molar-refractivity contribution >= 4 is 17.5 Å². The van der Waals surface area contributed by atoms with Crippen molar-refractivity contribution in [2.24, 2.45) is 0 Å². The van der Waals surface area contributed by atoms with E-state index in [0.717, 1.165) is 11.3 Å². The third-order valence-corrected chi connectivity index (χ3v) is 3.52. The van der Waals surface area contributed by atoms with Crippen LogP contribution in [0, 0.1) is 0 Å². The van der Waals surface area contributed by atoms with Crippen LogP contribution in [0.15, 0.2) is 48.5 Å². The maximum absolute atomic E-state index is 12.1. The molecule has 1 atom stereocenters. The van der Waals surface area contributed by atoms with E-state index in [0.29, 0.717) is 17.1 Å². The quantitative estimate of drug-likeness (QED) is 0.887. The second-order valence-electron chi connectivity index (χ2n) is 4.72. The van der Waals surface area contributed by atoms with E-state index in [1.807, 2.05) is 24.3 Å². The van der Waals surface area contributed by atoms with Crippen LogP contribution in [-0.4, -0.2) is 26.7 Å². The minimum atomic E-state index is -0.252. The summed E-state index contributed by atoms with van der Waals surface area (Å²) in [5.41, 5.74) is 1.46. The van der Waals surface area contributed by atoms with Crippen LogP contribution in [0.5, 0.6) is 5.75 Å². The van der Waals surface area contributed by atoms with E-state index in [4.69, 9.17) is 21.1 Å². The second kappa shape index (κ2) is 7.82. The number of methoxy groups -OCH3 is 2. The Labute approximate surface area is 135 Å². The second-order valence-corrected chi connectivity index (χ2v) is 5.16. The third-order valence-electron chi connectivity index (χ3n) is 3.28. The number of halogens is 1. The molecule has 2 aromatic carbocycles. The monoisotopic (exact) mass is 319 g/mol. The van der Waals surface area contributed by atoms with E-state index in [1.165, 1.54) is 0 Å². The summed E-state index contributed by atoms with van der Waals surface area (Å²) in [6.45, 7) is 0.356. The topological polar surface area (TPSA) is 47.6 Å². The first-order valence-electron chi connectivity index (χ1n) is 6.84. The van der Waals surface area contributed by atoms with Gasteiger partial charge in [-0.15, -0.1) is 0 Å². The molecule has 0 saturated heterocycles. The van der Waals surface area contributed by atoms with E-state index < -0.39 is 0 Å². The van der Waals surface area contributed by atoms with Gasteiger partial charge in [0.25, 0.3) is 5.91 Å². The van der Waals surface area contributed by atoms with E-state index in [1.54, 1.807) is 38.5 Å². The zero-order valence-electron chi connectivity index (χ0n) is 12.5. The Morgan fingerprint density at radius 2 is 1.95 bits per heavy atom. The highest BCUT2D eigenvalue weighted by Crippen LogP contribution is 2.21. The van der Waals surface area contributed by atoms with Crippen LogP contribution in [0.3, 0.4) is 0 Å². The molecule has 116 valence electrons. The van der Waals surface area contributed by atoms with Crippen molar-refractivity contribution in [1.29, 1.82) is 0 Å². The van der Waals surface area contributed by atoms with Gasteiger partial charge in [0.15, 0.2) is 0 Å². The molecular formula is C17H18ClNO3. The number of rotatable bonds is 6. The molecule has 0 aliphatic carbocycles. The fraction of sp³-hybridized carbons (Fsp3) is 0.235. The fourth-order valence-corrected chi connectivity index (χ4v) is 2.29. The van der Waals surface area contributed by atoms with Gasteiger partial charge in [-0.1, -0.05) is 29.8 Å². The Balaban J connectivity index is 2.03. The number of nitrogens with one attached hydrogen (secondary N) is 1.